The number of Topliss-reactive ketones (excluding diaryl/α,β-unsaturated/α-hetero) is 1. The SMILES string of the molecule is O=C(O)CCCc1ccccc1NCC(=O)c1ccc(Cl)c(Br)c1. The highest BCUT2D eigenvalue weighted by Gasteiger charge is 2.09. The molecule has 0 spiro atoms. The molecule has 0 atom stereocenters. The van der Waals surface area contributed by atoms with Crippen LogP contribution in [0.25, 0.3) is 0 Å². The first kappa shape index (κ1) is 18.5. The van der Waals surface area contributed by atoms with Gasteiger partial charge >= 0.3 is 5.97 Å². The number of aliphatic carboxylic acids is 1. The van der Waals surface area contributed by atoms with E-state index < -0.39 is 5.97 Å². The van der Waals surface area contributed by atoms with Gasteiger partial charge in [-0.25, -0.2) is 0 Å². The molecule has 24 heavy (non-hydrogen) atoms. The molecule has 2 aromatic rings. The lowest BCUT2D eigenvalue weighted by atomic mass is 10.1. The van der Waals surface area contributed by atoms with E-state index in [9.17, 15) is 9.59 Å². The quantitative estimate of drug-likeness (QED) is 0.613. The molecule has 0 fully saturated rings. The molecule has 126 valence electrons. The lowest BCUT2D eigenvalue weighted by Crippen LogP contribution is -2.15. The van der Waals surface area contributed by atoms with E-state index in [-0.39, 0.29) is 18.7 Å². The average Bonchev–Trinajstić information content (AvgIpc) is 2.56. The predicted molar refractivity (Wildman–Crippen MR) is 99.0 cm³/mol. The number of aryl methyl sites for hydroxylation is 1. The van der Waals surface area contributed by atoms with Crippen LogP contribution in [0.2, 0.25) is 5.02 Å². The summed E-state index contributed by atoms with van der Waals surface area (Å²) in [7, 11) is 0. The molecule has 2 aromatic carbocycles. The van der Waals surface area contributed by atoms with E-state index in [0.29, 0.717) is 27.9 Å². The summed E-state index contributed by atoms with van der Waals surface area (Å²) >= 11 is 9.24. The Morgan fingerprint density at radius 1 is 1.17 bits per heavy atom. The third kappa shape index (κ3) is 5.35. The molecule has 4 nitrogen and oxygen atoms in total. The Morgan fingerprint density at radius 3 is 2.62 bits per heavy atom. The van der Waals surface area contributed by atoms with Crippen molar-refractivity contribution in [3.8, 4) is 0 Å². The molecule has 0 bridgehead atoms. The number of para-hydroxylation sites is 1. The van der Waals surface area contributed by atoms with Crippen molar-refractivity contribution in [2.45, 2.75) is 19.3 Å². The maximum absolute atomic E-state index is 12.3. The number of ketones is 1. The summed E-state index contributed by atoms with van der Waals surface area (Å²) in [5.41, 5.74) is 2.43. The van der Waals surface area contributed by atoms with Gasteiger partial charge in [-0.3, -0.25) is 9.59 Å². The van der Waals surface area contributed by atoms with Crippen molar-refractivity contribution < 1.29 is 14.7 Å². The van der Waals surface area contributed by atoms with Crippen molar-refractivity contribution in [1.82, 2.24) is 0 Å². The van der Waals surface area contributed by atoms with Gasteiger partial charge in [-0.2, -0.15) is 0 Å². The summed E-state index contributed by atoms with van der Waals surface area (Å²) < 4.78 is 0.684. The number of halogens is 2. The molecule has 0 aliphatic carbocycles. The minimum Gasteiger partial charge on any atom is -0.481 e. The van der Waals surface area contributed by atoms with Crippen LogP contribution in [0, 0.1) is 0 Å². The normalized spacial score (nSPS) is 10.4. The fourth-order valence-electron chi connectivity index (χ4n) is 2.29. The number of anilines is 1. The van der Waals surface area contributed by atoms with Gasteiger partial charge in [-0.1, -0.05) is 29.8 Å². The molecule has 0 aromatic heterocycles. The van der Waals surface area contributed by atoms with Gasteiger partial charge < -0.3 is 10.4 Å². The summed E-state index contributed by atoms with van der Waals surface area (Å²) in [6, 6.07) is 12.7. The lowest BCUT2D eigenvalue weighted by molar-refractivity contribution is -0.137. The van der Waals surface area contributed by atoms with Crippen LogP contribution >= 0.6 is 27.5 Å². The Bertz CT molecular complexity index is 749. The van der Waals surface area contributed by atoms with Gasteiger partial charge in [0.2, 0.25) is 0 Å². The molecule has 0 unspecified atom stereocenters. The number of benzene rings is 2. The number of nitrogens with one attached hydrogen (secondary N) is 1. The first-order valence-electron chi connectivity index (χ1n) is 7.49. The first-order valence-corrected chi connectivity index (χ1v) is 8.66. The minimum absolute atomic E-state index is 0.0484. The third-order valence-electron chi connectivity index (χ3n) is 3.54. The van der Waals surface area contributed by atoms with Crippen LogP contribution in [0.3, 0.4) is 0 Å². The largest absolute Gasteiger partial charge is 0.481 e. The molecule has 2 N–H and O–H groups in total. The van der Waals surface area contributed by atoms with E-state index in [4.69, 9.17) is 16.7 Å². The standard InChI is InChI=1S/C18H17BrClNO3/c19-14-10-13(8-9-15(14)20)17(22)11-21-16-6-2-1-4-12(16)5-3-7-18(23)24/h1-2,4,6,8-10,21H,3,5,7,11H2,(H,23,24). The second-order valence-electron chi connectivity index (χ2n) is 5.31. The highest BCUT2D eigenvalue weighted by atomic mass is 79.9. The van der Waals surface area contributed by atoms with Gasteiger partial charge in [0.15, 0.2) is 5.78 Å². The van der Waals surface area contributed by atoms with Crippen LogP contribution in [-0.2, 0) is 11.2 Å². The number of hydrogen-bond donors (Lipinski definition) is 2. The zero-order valence-corrected chi connectivity index (χ0v) is 15.2. The smallest absolute Gasteiger partial charge is 0.303 e. The van der Waals surface area contributed by atoms with Crippen LogP contribution in [0.15, 0.2) is 46.9 Å². The van der Waals surface area contributed by atoms with Crippen LogP contribution in [0.1, 0.15) is 28.8 Å². The number of carboxylic acid groups (broad SMARTS) is 1. The summed E-state index contributed by atoms with van der Waals surface area (Å²) in [4.78, 5) is 22.9. The lowest BCUT2D eigenvalue weighted by Gasteiger charge is -2.11. The maximum Gasteiger partial charge on any atom is 0.303 e. The molecular formula is C18H17BrClNO3. The topological polar surface area (TPSA) is 66.4 Å². The second kappa shape index (κ2) is 8.85. The predicted octanol–water partition coefficient (Wildman–Crippen LogP) is 4.80. The highest BCUT2D eigenvalue weighted by Crippen LogP contribution is 2.24. The van der Waals surface area contributed by atoms with E-state index in [0.717, 1.165) is 11.3 Å². The molecule has 0 amide bonds. The number of carbonyl (C=O) groups is 2. The van der Waals surface area contributed by atoms with E-state index in [1.165, 1.54) is 0 Å². The molecule has 0 saturated carbocycles. The number of hydrogen-bond acceptors (Lipinski definition) is 3. The first-order chi connectivity index (χ1) is 11.5. The summed E-state index contributed by atoms with van der Waals surface area (Å²) in [5.74, 6) is -0.850. The van der Waals surface area contributed by atoms with Crippen LogP contribution < -0.4 is 5.32 Å². The van der Waals surface area contributed by atoms with Crippen molar-refractivity contribution in [2.24, 2.45) is 0 Å². The molecule has 0 aliphatic heterocycles. The van der Waals surface area contributed by atoms with Crippen LogP contribution in [-0.4, -0.2) is 23.4 Å². The summed E-state index contributed by atoms with van der Waals surface area (Å²) in [6.07, 6.45) is 1.34. The molecular weight excluding hydrogens is 394 g/mol. The molecule has 0 radical (unpaired) electrons. The molecule has 6 heteroatoms. The second-order valence-corrected chi connectivity index (χ2v) is 6.57. The van der Waals surface area contributed by atoms with Crippen molar-refractivity contribution in [2.75, 3.05) is 11.9 Å². The third-order valence-corrected chi connectivity index (χ3v) is 4.75. The molecule has 0 aliphatic rings. The van der Waals surface area contributed by atoms with Crippen molar-refractivity contribution in [3.63, 3.8) is 0 Å². The average molecular weight is 411 g/mol. The van der Waals surface area contributed by atoms with Gasteiger partial charge in [-0.15, -0.1) is 0 Å². The van der Waals surface area contributed by atoms with Crippen LogP contribution in [0.5, 0.6) is 0 Å². The number of rotatable bonds is 8. The zero-order chi connectivity index (χ0) is 17.5. The van der Waals surface area contributed by atoms with E-state index >= 15 is 0 Å². The Hall–Kier alpha value is -1.85. The number of carboxylic acids is 1. The van der Waals surface area contributed by atoms with Crippen LogP contribution in [0.4, 0.5) is 5.69 Å². The zero-order valence-electron chi connectivity index (χ0n) is 12.9. The van der Waals surface area contributed by atoms with E-state index in [2.05, 4.69) is 21.2 Å². The van der Waals surface area contributed by atoms with Gasteiger partial charge in [0.1, 0.15) is 0 Å². The van der Waals surface area contributed by atoms with Gasteiger partial charge in [0, 0.05) is 22.1 Å². The highest BCUT2D eigenvalue weighted by molar-refractivity contribution is 9.10. The fraction of sp³-hybridized carbons (Fsp3) is 0.222. The van der Waals surface area contributed by atoms with Crippen molar-refractivity contribution >= 4 is 45.0 Å². The maximum atomic E-state index is 12.3. The van der Waals surface area contributed by atoms with Gasteiger partial charge in [0.25, 0.3) is 0 Å². The summed E-state index contributed by atoms with van der Waals surface area (Å²) in [5, 5.41) is 12.4. The Balaban J connectivity index is 1.99. The number of carbonyl (C=O) groups excluding carboxylic acids is 1. The molecule has 0 saturated heterocycles. The molecule has 0 heterocycles. The minimum atomic E-state index is -0.802. The Labute approximate surface area is 154 Å². The Kier molecular flexibility index (Phi) is 6.82. The Morgan fingerprint density at radius 2 is 1.92 bits per heavy atom. The van der Waals surface area contributed by atoms with Gasteiger partial charge in [0.05, 0.1) is 11.6 Å². The van der Waals surface area contributed by atoms with E-state index in [1.54, 1.807) is 18.2 Å². The molecule has 2 rings (SSSR count). The van der Waals surface area contributed by atoms with Crippen molar-refractivity contribution in [1.29, 1.82) is 0 Å². The van der Waals surface area contributed by atoms with Gasteiger partial charge in [-0.05, 0) is 58.6 Å². The van der Waals surface area contributed by atoms with E-state index in [1.807, 2.05) is 24.3 Å². The summed E-state index contributed by atoms with van der Waals surface area (Å²) in [6.45, 7) is 0.157. The van der Waals surface area contributed by atoms with Crippen molar-refractivity contribution in [3.05, 3.63) is 63.1 Å². The fourth-order valence-corrected chi connectivity index (χ4v) is 2.78. The monoisotopic (exact) mass is 409 g/mol.